The Morgan fingerprint density at radius 1 is 0.705 bits per heavy atom. The number of rotatable bonds is 27. The first-order chi connectivity index (χ1) is 21.0. The van der Waals surface area contributed by atoms with Gasteiger partial charge in [0.15, 0.2) is 0 Å². The minimum atomic E-state index is -4.27. The zero-order valence-corrected chi connectivity index (χ0v) is 30.8. The summed E-state index contributed by atoms with van der Waals surface area (Å²) in [6, 6.07) is 5.78. The Balaban J connectivity index is 0.00000139. The smallest absolute Gasteiger partial charge is 0.219 e. The van der Waals surface area contributed by atoms with Gasteiger partial charge in [-0.15, -0.1) is 0 Å². The van der Waals surface area contributed by atoms with Gasteiger partial charge < -0.3 is 14.4 Å². The van der Waals surface area contributed by atoms with Crippen LogP contribution < -0.4 is 5.32 Å². The quantitative estimate of drug-likeness (QED) is 0.0580. The molecule has 0 aliphatic heterocycles. The van der Waals surface area contributed by atoms with E-state index < -0.39 is 10.1 Å². The lowest BCUT2D eigenvalue weighted by molar-refractivity contribution is -0.870. The van der Waals surface area contributed by atoms with E-state index in [9.17, 15) is 17.8 Å². The van der Waals surface area contributed by atoms with Gasteiger partial charge in [-0.1, -0.05) is 121 Å². The van der Waals surface area contributed by atoms with Crippen LogP contribution in [0.25, 0.3) is 0 Å². The summed E-state index contributed by atoms with van der Waals surface area (Å²) in [6.45, 7) is 6.05. The van der Waals surface area contributed by atoms with E-state index in [4.69, 9.17) is 0 Å². The number of aryl methyl sites for hydroxylation is 1. The van der Waals surface area contributed by atoms with E-state index >= 15 is 0 Å². The van der Waals surface area contributed by atoms with E-state index in [1.54, 1.807) is 12.1 Å². The van der Waals surface area contributed by atoms with Gasteiger partial charge in [0, 0.05) is 19.4 Å². The lowest BCUT2D eigenvalue weighted by Gasteiger charge is -2.23. The fraction of sp³-hybridized carbons (Fsp3) is 0.806. The van der Waals surface area contributed by atoms with Crippen molar-refractivity contribution in [3.05, 3.63) is 29.8 Å². The number of carbonyl (C=O) groups excluding carboxylic acids is 1. The van der Waals surface area contributed by atoms with Crippen LogP contribution in [0.2, 0.25) is 0 Å². The largest absolute Gasteiger partial charge is 0.744 e. The fourth-order valence-electron chi connectivity index (χ4n) is 4.92. The van der Waals surface area contributed by atoms with Crippen LogP contribution in [0.15, 0.2) is 29.2 Å². The normalized spacial score (nSPS) is 11.7. The van der Waals surface area contributed by atoms with E-state index in [0.29, 0.717) is 6.42 Å². The number of nitrogens with one attached hydrogen (secondary N) is 1. The Labute approximate surface area is 277 Å². The maximum atomic E-state index is 11.9. The third kappa shape index (κ3) is 30.9. The SMILES string of the molecule is CCCCCCCCCCCCSCCCCCCCCCCC(=O)NCCC[N+](C)(C)C.Cc1ccc(S(=O)(=O)[O-])cc1. The van der Waals surface area contributed by atoms with Crippen LogP contribution in [0, 0.1) is 6.92 Å². The van der Waals surface area contributed by atoms with E-state index in [0.717, 1.165) is 36.0 Å². The molecule has 0 unspecified atom stereocenters. The molecular formula is C36H68N2O4S2. The minimum absolute atomic E-state index is 0.178. The van der Waals surface area contributed by atoms with Crippen LogP contribution in [-0.2, 0) is 14.9 Å². The number of unbranched alkanes of at least 4 members (excludes halogenated alkanes) is 16. The lowest BCUT2D eigenvalue weighted by atomic mass is 10.1. The summed E-state index contributed by atoms with van der Waals surface area (Å²) in [4.78, 5) is 11.7. The number of amides is 1. The van der Waals surface area contributed by atoms with Crippen molar-refractivity contribution in [1.29, 1.82) is 0 Å². The first-order valence-corrected chi connectivity index (χ1v) is 20.2. The topological polar surface area (TPSA) is 86.3 Å². The molecule has 0 atom stereocenters. The third-order valence-electron chi connectivity index (χ3n) is 7.72. The number of benzene rings is 1. The standard InChI is InChI=1S/C29H60N2OS.C7H8O3S/c1-5-6-7-8-9-10-12-15-18-21-27-33-28-22-19-16-13-11-14-17-20-24-29(32)30-25-23-26-31(2,3)4;1-6-2-4-7(5-3-6)11(8,9)10/h5-28H2,1-4H3;2-5H,1H3,(H,8,9,10). The molecule has 258 valence electrons. The summed E-state index contributed by atoms with van der Waals surface area (Å²) >= 11 is 2.18. The summed E-state index contributed by atoms with van der Waals surface area (Å²) in [7, 11) is 2.32. The molecule has 1 rings (SSSR count). The Morgan fingerprint density at radius 2 is 1.14 bits per heavy atom. The van der Waals surface area contributed by atoms with Crippen LogP contribution in [0.3, 0.4) is 0 Å². The Bertz CT molecular complexity index is 900. The van der Waals surface area contributed by atoms with Gasteiger partial charge in [-0.2, -0.15) is 11.8 Å². The first kappa shape index (κ1) is 42.9. The van der Waals surface area contributed by atoms with E-state index in [1.165, 1.54) is 133 Å². The molecule has 0 saturated carbocycles. The highest BCUT2D eigenvalue weighted by Crippen LogP contribution is 2.15. The van der Waals surface area contributed by atoms with Crippen LogP contribution in [0.1, 0.15) is 141 Å². The van der Waals surface area contributed by atoms with Gasteiger partial charge in [0.25, 0.3) is 0 Å². The number of hydrogen-bond acceptors (Lipinski definition) is 5. The number of nitrogens with zero attached hydrogens (tertiary/aromatic N) is 1. The molecule has 0 saturated heterocycles. The molecule has 6 nitrogen and oxygen atoms in total. The van der Waals surface area contributed by atoms with Crippen molar-refractivity contribution in [2.24, 2.45) is 0 Å². The number of thioether (sulfide) groups is 1. The molecular weight excluding hydrogens is 589 g/mol. The molecule has 1 amide bonds. The van der Waals surface area contributed by atoms with Crippen molar-refractivity contribution in [1.82, 2.24) is 5.32 Å². The van der Waals surface area contributed by atoms with Crippen molar-refractivity contribution < 1.29 is 22.2 Å². The second-order valence-corrected chi connectivity index (χ2v) is 16.0. The van der Waals surface area contributed by atoms with Gasteiger partial charge in [-0.05, 0) is 49.8 Å². The summed E-state index contributed by atoms with van der Waals surface area (Å²) in [5.41, 5.74) is 0.928. The Morgan fingerprint density at radius 3 is 1.57 bits per heavy atom. The first-order valence-electron chi connectivity index (χ1n) is 17.6. The number of hydrogen-bond donors (Lipinski definition) is 1. The molecule has 0 heterocycles. The zero-order chi connectivity index (χ0) is 32.9. The molecule has 0 spiro atoms. The molecule has 0 bridgehead atoms. The number of quaternary nitrogens is 1. The van der Waals surface area contributed by atoms with Crippen molar-refractivity contribution in [3.8, 4) is 0 Å². The van der Waals surface area contributed by atoms with Gasteiger partial charge in [0.05, 0.1) is 32.6 Å². The molecule has 0 aliphatic carbocycles. The van der Waals surface area contributed by atoms with Crippen molar-refractivity contribution in [3.63, 3.8) is 0 Å². The van der Waals surface area contributed by atoms with Crippen LogP contribution in [-0.4, -0.2) is 69.1 Å². The van der Waals surface area contributed by atoms with Crippen LogP contribution in [0.4, 0.5) is 0 Å². The zero-order valence-electron chi connectivity index (χ0n) is 29.2. The minimum Gasteiger partial charge on any atom is -0.744 e. The second-order valence-electron chi connectivity index (χ2n) is 13.4. The molecule has 0 radical (unpaired) electrons. The molecule has 0 aliphatic rings. The molecule has 1 aromatic carbocycles. The summed E-state index contributed by atoms with van der Waals surface area (Å²) in [5.74, 6) is 2.98. The lowest BCUT2D eigenvalue weighted by Crippen LogP contribution is -2.37. The molecule has 1 N–H and O–H groups in total. The van der Waals surface area contributed by atoms with E-state index in [2.05, 4.69) is 45.1 Å². The highest BCUT2D eigenvalue weighted by Gasteiger charge is 2.07. The number of carbonyl (C=O) groups is 1. The van der Waals surface area contributed by atoms with Gasteiger partial charge >= 0.3 is 0 Å². The summed E-state index contributed by atoms with van der Waals surface area (Å²) in [6.07, 6.45) is 26.6. The fourth-order valence-corrected chi connectivity index (χ4v) is 6.41. The molecule has 1 aromatic rings. The molecule has 0 fully saturated rings. The maximum absolute atomic E-state index is 11.9. The van der Waals surface area contributed by atoms with Gasteiger partial charge in [0.2, 0.25) is 5.91 Å². The highest BCUT2D eigenvalue weighted by atomic mass is 32.2. The third-order valence-corrected chi connectivity index (χ3v) is 9.73. The Kier molecular flexibility index (Phi) is 27.5. The van der Waals surface area contributed by atoms with Gasteiger partial charge in [-0.3, -0.25) is 4.79 Å². The van der Waals surface area contributed by atoms with Crippen molar-refractivity contribution >= 4 is 27.8 Å². The van der Waals surface area contributed by atoms with Crippen molar-refractivity contribution in [2.45, 2.75) is 147 Å². The second kappa shape index (κ2) is 28.2. The maximum Gasteiger partial charge on any atom is 0.219 e. The monoisotopic (exact) mass is 656 g/mol. The van der Waals surface area contributed by atoms with Crippen LogP contribution >= 0.6 is 11.8 Å². The average Bonchev–Trinajstić information content (AvgIpc) is 2.96. The molecule has 0 aromatic heterocycles. The predicted octanol–water partition coefficient (Wildman–Crippen LogP) is 9.26. The van der Waals surface area contributed by atoms with Crippen LogP contribution in [0.5, 0.6) is 0 Å². The molecule has 8 heteroatoms. The summed E-state index contributed by atoms with van der Waals surface area (Å²) < 4.78 is 32.1. The molecule has 44 heavy (non-hydrogen) atoms. The van der Waals surface area contributed by atoms with Gasteiger partial charge in [-0.25, -0.2) is 8.42 Å². The average molecular weight is 657 g/mol. The Hall–Kier alpha value is -1.09. The van der Waals surface area contributed by atoms with Crippen molar-refractivity contribution in [2.75, 3.05) is 45.7 Å². The predicted molar refractivity (Wildman–Crippen MR) is 190 cm³/mol. The highest BCUT2D eigenvalue weighted by molar-refractivity contribution is 7.99. The van der Waals surface area contributed by atoms with Gasteiger partial charge in [0.1, 0.15) is 10.1 Å². The summed E-state index contributed by atoms with van der Waals surface area (Å²) in [5, 5.41) is 3.07. The van der Waals surface area contributed by atoms with E-state index in [-0.39, 0.29) is 10.8 Å². The van der Waals surface area contributed by atoms with E-state index in [1.807, 2.05) is 6.92 Å².